The van der Waals surface area contributed by atoms with Crippen molar-refractivity contribution in [2.45, 2.75) is 31.3 Å². The van der Waals surface area contributed by atoms with Crippen LogP contribution in [0.1, 0.15) is 30.4 Å². The fourth-order valence-corrected chi connectivity index (χ4v) is 3.19. The molecule has 1 saturated carbocycles. The van der Waals surface area contributed by atoms with Gasteiger partial charge in [0.15, 0.2) is 0 Å². The molecule has 0 aromatic heterocycles. The molecule has 1 aliphatic rings. The van der Waals surface area contributed by atoms with Gasteiger partial charge >= 0.3 is 5.97 Å². The van der Waals surface area contributed by atoms with Gasteiger partial charge in [-0.25, -0.2) is 0 Å². The fourth-order valence-electron chi connectivity index (χ4n) is 2.71. The first-order valence-corrected chi connectivity index (χ1v) is 6.93. The van der Waals surface area contributed by atoms with Gasteiger partial charge in [-0.3, -0.25) is 4.79 Å². The molecule has 104 valence electrons. The van der Waals surface area contributed by atoms with E-state index in [1.165, 1.54) is 0 Å². The number of benzene rings is 1. The fraction of sp³-hybridized carbons (Fsp3) is 0.500. The van der Waals surface area contributed by atoms with Gasteiger partial charge in [0.05, 0.1) is 19.1 Å². The van der Waals surface area contributed by atoms with E-state index in [-0.39, 0.29) is 0 Å². The molecule has 2 rings (SSSR count). The number of hydrogen-bond donors (Lipinski definition) is 1. The lowest BCUT2D eigenvalue weighted by Gasteiger charge is -2.40. The number of halogens is 1. The summed E-state index contributed by atoms with van der Waals surface area (Å²) in [6.07, 6.45) is 2.23. The molecule has 5 heteroatoms. The normalized spacial score (nSPS) is 16.8. The van der Waals surface area contributed by atoms with E-state index in [0.29, 0.717) is 25.2 Å². The number of methoxy groups -OCH3 is 2. The Hall–Kier alpha value is -1.07. The van der Waals surface area contributed by atoms with Crippen LogP contribution in [0.4, 0.5) is 0 Å². The highest BCUT2D eigenvalue weighted by molar-refractivity contribution is 9.10. The Balaban J connectivity index is 2.62. The first-order chi connectivity index (χ1) is 9.05. The third-order valence-corrected chi connectivity index (χ3v) is 4.22. The number of rotatable bonds is 5. The average Bonchev–Trinajstić information content (AvgIpc) is 2.29. The van der Waals surface area contributed by atoms with Gasteiger partial charge in [0.2, 0.25) is 0 Å². The average molecular weight is 329 g/mol. The first kappa shape index (κ1) is 14.3. The molecule has 1 N–H and O–H groups in total. The standard InChI is InChI=1S/C14H17BrO4/c1-18-8-9-6-10(15)7-11(19-2)12(9)14(13(16)17)4-3-5-14/h6-7H,3-5,8H2,1-2H3,(H,16,17). The van der Waals surface area contributed by atoms with Crippen molar-refractivity contribution in [3.63, 3.8) is 0 Å². The zero-order chi connectivity index (χ0) is 14.0. The number of aliphatic carboxylic acids is 1. The summed E-state index contributed by atoms with van der Waals surface area (Å²) < 4.78 is 11.5. The lowest BCUT2D eigenvalue weighted by Crippen LogP contribution is -2.43. The maximum absolute atomic E-state index is 11.7. The van der Waals surface area contributed by atoms with Crippen LogP contribution in [-0.4, -0.2) is 25.3 Å². The van der Waals surface area contributed by atoms with E-state index in [1.54, 1.807) is 14.2 Å². The van der Waals surface area contributed by atoms with Crippen LogP contribution in [0.3, 0.4) is 0 Å². The highest BCUT2D eigenvalue weighted by Gasteiger charge is 2.49. The minimum atomic E-state index is -0.820. The number of carboxylic acid groups (broad SMARTS) is 1. The highest BCUT2D eigenvalue weighted by atomic mass is 79.9. The molecular weight excluding hydrogens is 312 g/mol. The summed E-state index contributed by atoms with van der Waals surface area (Å²) in [5.41, 5.74) is 0.814. The van der Waals surface area contributed by atoms with Crippen LogP contribution in [-0.2, 0) is 21.6 Å². The van der Waals surface area contributed by atoms with Crippen molar-refractivity contribution in [3.05, 3.63) is 27.7 Å². The predicted octanol–water partition coefficient (Wildman–Crippen LogP) is 3.11. The van der Waals surface area contributed by atoms with Crippen molar-refractivity contribution in [2.75, 3.05) is 14.2 Å². The van der Waals surface area contributed by atoms with E-state index in [2.05, 4.69) is 15.9 Å². The molecule has 0 unspecified atom stereocenters. The maximum atomic E-state index is 11.7. The minimum Gasteiger partial charge on any atom is -0.496 e. The second-order valence-corrected chi connectivity index (χ2v) is 5.73. The summed E-state index contributed by atoms with van der Waals surface area (Å²) in [5.74, 6) is -0.166. The smallest absolute Gasteiger partial charge is 0.314 e. The van der Waals surface area contributed by atoms with Crippen molar-refractivity contribution < 1.29 is 19.4 Å². The Morgan fingerprint density at radius 2 is 2.11 bits per heavy atom. The molecule has 0 bridgehead atoms. The summed E-state index contributed by atoms with van der Waals surface area (Å²) in [7, 11) is 3.17. The first-order valence-electron chi connectivity index (χ1n) is 6.14. The van der Waals surface area contributed by atoms with Crippen LogP contribution in [0.15, 0.2) is 16.6 Å². The Morgan fingerprint density at radius 1 is 1.42 bits per heavy atom. The van der Waals surface area contributed by atoms with Crippen LogP contribution in [0.2, 0.25) is 0 Å². The van der Waals surface area contributed by atoms with Crippen molar-refractivity contribution in [2.24, 2.45) is 0 Å². The Labute approximate surface area is 120 Å². The monoisotopic (exact) mass is 328 g/mol. The van der Waals surface area contributed by atoms with Gasteiger partial charge in [0.1, 0.15) is 5.75 Å². The van der Waals surface area contributed by atoms with Crippen LogP contribution in [0, 0.1) is 0 Å². The molecule has 0 saturated heterocycles. The zero-order valence-electron chi connectivity index (χ0n) is 11.0. The highest BCUT2D eigenvalue weighted by Crippen LogP contribution is 2.49. The number of carboxylic acids is 1. The minimum absolute atomic E-state index is 0.375. The van der Waals surface area contributed by atoms with Crippen LogP contribution in [0.5, 0.6) is 5.75 Å². The quantitative estimate of drug-likeness (QED) is 0.902. The SMILES string of the molecule is COCc1cc(Br)cc(OC)c1C1(C(=O)O)CCC1. The van der Waals surface area contributed by atoms with Gasteiger partial charge in [-0.15, -0.1) is 0 Å². The molecule has 0 radical (unpaired) electrons. The Kier molecular flexibility index (Phi) is 4.16. The largest absolute Gasteiger partial charge is 0.496 e. The van der Waals surface area contributed by atoms with E-state index < -0.39 is 11.4 Å². The molecule has 1 aliphatic carbocycles. The Morgan fingerprint density at radius 3 is 2.53 bits per heavy atom. The predicted molar refractivity (Wildman–Crippen MR) is 74.6 cm³/mol. The second kappa shape index (κ2) is 5.51. The molecule has 1 aromatic carbocycles. The van der Waals surface area contributed by atoms with Crippen LogP contribution >= 0.6 is 15.9 Å². The van der Waals surface area contributed by atoms with Gasteiger partial charge in [0.25, 0.3) is 0 Å². The molecule has 0 spiro atoms. The molecular formula is C14H17BrO4. The molecule has 0 heterocycles. The second-order valence-electron chi connectivity index (χ2n) is 4.82. The lowest BCUT2D eigenvalue weighted by atomic mass is 9.63. The summed E-state index contributed by atoms with van der Waals surface area (Å²) in [6, 6.07) is 3.72. The molecule has 0 amide bonds. The third kappa shape index (κ3) is 2.37. The van der Waals surface area contributed by atoms with Crippen molar-refractivity contribution in [1.29, 1.82) is 0 Å². The topological polar surface area (TPSA) is 55.8 Å². The van der Waals surface area contributed by atoms with Crippen molar-refractivity contribution in [1.82, 2.24) is 0 Å². The molecule has 0 aliphatic heterocycles. The zero-order valence-corrected chi connectivity index (χ0v) is 12.6. The van der Waals surface area contributed by atoms with Gasteiger partial charge in [-0.05, 0) is 30.5 Å². The van der Waals surface area contributed by atoms with E-state index in [4.69, 9.17) is 9.47 Å². The van der Waals surface area contributed by atoms with Gasteiger partial charge in [0, 0.05) is 17.1 Å². The van der Waals surface area contributed by atoms with Crippen molar-refractivity contribution in [3.8, 4) is 5.75 Å². The van der Waals surface area contributed by atoms with E-state index >= 15 is 0 Å². The summed E-state index contributed by atoms with van der Waals surface area (Å²) in [6.45, 7) is 0.375. The Bertz CT molecular complexity index is 494. The molecule has 1 aromatic rings. The lowest BCUT2D eigenvalue weighted by molar-refractivity contribution is -0.147. The van der Waals surface area contributed by atoms with Gasteiger partial charge < -0.3 is 14.6 Å². The summed E-state index contributed by atoms with van der Waals surface area (Å²) >= 11 is 3.42. The molecule has 1 fully saturated rings. The summed E-state index contributed by atoms with van der Waals surface area (Å²) in [5, 5.41) is 9.61. The summed E-state index contributed by atoms with van der Waals surface area (Å²) in [4.78, 5) is 11.7. The van der Waals surface area contributed by atoms with E-state index in [1.807, 2.05) is 12.1 Å². The van der Waals surface area contributed by atoms with Crippen molar-refractivity contribution >= 4 is 21.9 Å². The van der Waals surface area contributed by atoms with Gasteiger partial charge in [-0.1, -0.05) is 22.4 Å². The third-order valence-electron chi connectivity index (χ3n) is 3.76. The molecule has 4 nitrogen and oxygen atoms in total. The van der Waals surface area contributed by atoms with Crippen LogP contribution < -0.4 is 4.74 Å². The molecule has 0 atom stereocenters. The molecule has 19 heavy (non-hydrogen) atoms. The van der Waals surface area contributed by atoms with E-state index in [0.717, 1.165) is 22.0 Å². The number of ether oxygens (including phenoxy) is 2. The van der Waals surface area contributed by atoms with E-state index in [9.17, 15) is 9.90 Å². The number of hydrogen-bond acceptors (Lipinski definition) is 3. The number of carbonyl (C=O) groups is 1. The van der Waals surface area contributed by atoms with Gasteiger partial charge in [-0.2, -0.15) is 0 Å². The van der Waals surface area contributed by atoms with Crippen LogP contribution in [0.25, 0.3) is 0 Å². The maximum Gasteiger partial charge on any atom is 0.314 e.